The summed E-state index contributed by atoms with van der Waals surface area (Å²) in [5.74, 6) is 0.202. The van der Waals surface area contributed by atoms with Gasteiger partial charge >= 0.3 is 0 Å². The van der Waals surface area contributed by atoms with Gasteiger partial charge in [0, 0.05) is 4.88 Å². The maximum Gasteiger partial charge on any atom is 0.230 e. The van der Waals surface area contributed by atoms with Crippen molar-refractivity contribution in [3.63, 3.8) is 0 Å². The molecule has 0 saturated heterocycles. The van der Waals surface area contributed by atoms with Crippen LogP contribution < -0.4 is 5.32 Å². The molecule has 8 heteroatoms. The number of amides is 1. The summed E-state index contributed by atoms with van der Waals surface area (Å²) in [7, 11) is 0. The summed E-state index contributed by atoms with van der Waals surface area (Å²) in [4.78, 5) is 13.4. The van der Waals surface area contributed by atoms with Gasteiger partial charge in [-0.15, -0.1) is 21.5 Å². The Morgan fingerprint density at radius 3 is 2.60 bits per heavy atom. The molecule has 2 heterocycles. The molecule has 0 unspecified atom stereocenters. The zero-order chi connectivity index (χ0) is 20.8. The average molecular weight is 439 g/mol. The van der Waals surface area contributed by atoms with Crippen LogP contribution in [-0.4, -0.2) is 26.4 Å². The summed E-state index contributed by atoms with van der Waals surface area (Å²) < 4.78 is 16.3. The minimum atomic E-state index is -0.357. The second-order valence-corrected chi connectivity index (χ2v) is 8.48. The van der Waals surface area contributed by atoms with E-state index < -0.39 is 0 Å². The van der Waals surface area contributed by atoms with Gasteiger partial charge in [-0.25, -0.2) is 4.39 Å². The normalized spacial score (nSPS) is 10.8. The number of benzene rings is 2. The van der Waals surface area contributed by atoms with Crippen LogP contribution >= 0.6 is 23.1 Å². The fourth-order valence-electron chi connectivity index (χ4n) is 2.93. The first-order valence-corrected chi connectivity index (χ1v) is 11.2. The van der Waals surface area contributed by atoms with Crippen molar-refractivity contribution in [2.45, 2.75) is 18.2 Å². The average Bonchev–Trinajstić information content (AvgIpc) is 3.42. The number of carbonyl (C=O) groups excluding carboxylic acids is 1. The first kappa shape index (κ1) is 20.3. The van der Waals surface area contributed by atoms with Gasteiger partial charge in [-0.2, -0.15) is 0 Å². The lowest BCUT2D eigenvalue weighted by molar-refractivity contribution is -0.118. The first-order valence-electron chi connectivity index (χ1n) is 9.34. The lowest BCUT2D eigenvalue weighted by atomic mass is 10.2. The molecule has 4 aromatic rings. The number of nitrogens with zero attached hydrogens (tertiary/aromatic N) is 3. The number of hydrogen-bond donors (Lipinski definition) is 1. The van der Waals surface area contributed by atoms with Crippen molar-refractivity contribution in [2.75, 3.05) is 5.75 Å². The fraction of sp³-hybridized carbons (Fsp3) is 0.136. The molecule has 1 N–H and O–H groups in total. The van der Waals surface area contributed by atoms with Crippen LogP contribution in [-0.2, 0) is 17.9 Å². The van der Waals surface area contributed by atoms with E-state index in [9.17, 15) is 9.18 Å². The van der Waals surface area contributed by atoms with Gasteiger partial charge in [0.25, 0.3) is 0 Å². The highest BCUT2D eigenvalue weighted by Crippen LogP contribution is 2.27. The zero-order valence-corrected chi connectivity index (χ0v) is 17.6. The lowest BCUT2D eigenvalue weighted by Crippen LogP contribution is -2.24. The minimum Gasteiger partial charge on any atom is -0.350 e. The number of halogens is 1. The Kier molecular flexibility index (Phi) is 6.56. The number of carbonyl (C=O) groups is 1. The van der Waals surface area contributed by atoms with Gasteiger partial charge in [0.2, 0.25) is 5.91 Å². The highest BCUT2D eigenvalue weighted by molar-refractivity contribution is 7.99. The Morgan fingerprint density at radius 2 is 1.83 bits per heavy atom. The third-order valence-corrected chi connectivity index (χ3v) is 6.23. The van der Waals surface area contributed by atoms with Crippen LogP contribution in [0, 0.1) is 5.82 Å². The van der Waals surface area contributed by atoms with Crippen molar-refractivity contribution < 1.29 is 9.18 Å². The quantitative estimate of drug-likeness (QED) is 0.409. The van der Waals surface area contributed by atoms with Crippen LogP contribution in [0.4, 0.5) is 4.39 Å². The molecule has 0 atom stereocenters. The Hall–Kier alpha value is -2.97. The van der Waals surface area contributed by atoms with Crippen LogP contribution in [0.15, 0.2) is 77.3 Å². The molecular weight excluding hydrogens is 419 g/mol. The molecule has 0 saturated carbocycles. The summed E-state index contributed by atoms with van der Waals surface area (Å²) in [6, 6.07) is 20.3. The van der Waals surface area contributed by atoms with Crippen molar-refractivity contribution >= 4 is 29.0 Å². The van der Waals surface area contributed by atoms with Crippen molar-refractivity contribution in [3.05, 3.63) is 88.4 Å². The van der Waals surface area contributed by atoms with Crippen molar-refractivity contribution in [1.29, 1.82) is 0 Å². The van der Waals surface area contributed by atoms with E-state index in [-0.39, 0.29) is 17.5 Å². The predicted octanol–water partition coefficient (Wildman–Crippen LogP) is 4.60. The molecule has 4 rings (SSSR count). The van der Waals surface area contributed by atoms with E-state index in [0.29, 0.717) is 29.6 Å². The molecule has 0 aliphatic rings. The maximum atomic E-state index is 14.4. The molecule has 152 valence electrons. The van der Waals surface area contributed by atoms with E-state index in [2.05, 4.69) is 15.5 Å². The van der Waals surface area contributed by atoms with Crippen LogP contribution in [0.25, 0.3) is 11.4 Å². The Morgan fingerprint density at radius 1 is 1.03 bits per heavy atom. The van der Waals surface area contributed by atoms with Crippen LogP contribution in [0.1, 0.15) is 10.4 Å². The zero-order valence-electron chi connectivity index (χ0n) is 16.0. The number of aromatic nitrogens is 3. The maximum absolute atomic E-state index is 14.4. The van der Waals surface area contributed by atoms with Gasteiger partial charge < -0.3 is 5.32 Å². The first-order chi connectivity index (χ1) is 14.7. The third-order valence-electron chi connectivity index (χ3n) is 4.39. The largest absolute Gasteiger partial charge is 0.350 e. The Balaban J connectivity index is 1.53. The second kappa shape index (κ2) is 9.69. The highest BCUT2D eigenvalue weighted by atomic mass is 32.2. The number of hydrogen-bond acceptors (Lipinski definition) is 5. The molecule has 0 bridgehead atoms. The predicted molar refractivity (Wildman–Crippen MR) is 118 cm³/mol. The lowest BCUT2D eigenvalue weighted by Gasteiger charge is -2.11. The van der Waals surface area contributed by atoms with E-state index in [0.717, 1.165) is 10.4 Å². The SMILES string of the molecule is O=C(CSc1nnc(-c2ccccc2F)n1Cc1ccccc1)NCc1cccs1. The van der Waals surface area contributed by atoms with E-state index in [1.54, 1.807) is 29.5 Å². The standard InChI is InChI=1S/C22H19FN4OS2/c23-19-11-5-4-10-18(19)21-25-26-22(27(21)14-16-7-2-1-3-8-16)30-15-20(28)24-13-17-9-6-12-29-17/h1-12H,13-15H2,(H,24,28). The van der Waals surface area contributed by atoms with Gasteiger partial charge in [-0.05, 0) is 29.1 Å². The number of thiophene rings is 1. The second-order valence-electron chi connectivity index (χ2n) is 6.50. The number of thioether (sulfide) groups is 1. The summed E-state index contributed by atoms with van der Waals surface area (Å²) in [5.41, 5.74) is 1.42. The molecule has 30 heavy (non-hydrogen) atoms. The van der Waals surface area contributed by atoms with E-state index >= 15 is 0 Å². The van der Waals surface area contributed by atoms with Gasteiger partial charge in [0.05, 0.1) is 24.4 Å². The van der Waals surface area contributed by atoms with E-state index in [1.807, 2.05) is 52.4 Å². The van der Waals surface area contributed by atoms with E-state index in [4.69, 9.17) is 0 Å². The van der Waals surface area contributed by atoms with Gasteiger partial charge in [-0.1, -0.05) is 60.3 Å². The molecule has 2 aromatic heterocycles. The fourth-order valence-corrected chi connectivity index (χ4v) is 4.34. The highest BCUT2D eigenvalue weighted by Gasteiger charge is 2.18. The number of rotatable bonds is 8. The molecule has 0 spiro atoms. The molecule has 5 nitrogen and oxygen atoms in total. The van der Waals surface area contributed by atoms with Crippen molar-refractivity contribution in [2.24, 2.45) is 0 Å². The number of nitrogens with one attached hydrogen (secondary N) is 1. The van der Waals surface area contributed by atoms with Gasteiger partial charge in [0.15, 0.2) is 11.0 Å². The molecule has 0 aliphatic heterocycles. The van der Waals surface area contributed by atoms with Crippen molar-refractivity contribution in [1.82, 2.24) is 20.1 Å². The molecular formula is C22H19FN4OS2. The molecule has 0 fully saturated rings. The third kappa shape index (κ3) is 4.95. The van der Waals surface area contributed by atoms with Gasteiger partial charge in [-0.3, -0.25) is 9.36 Å². The van der Waals surface area contributed by atoms with Crippen molar-refractivity contribution in [3.8, 4) is 11.4 Å². The van der Waals surface area contributed by atoms with Gasteiger partial charge in [0.1, 0.15) is 5.82 Å². The molecule has 1 amide bonds. The monoisotopic (exact) mass is 438 g/mol. The Labute approximate surface area is 182 Å². The van der Waals surface area contributed by atoms with E-state index in [1.165, 1.54) is 17.8 Å². The Bertz CT molecular complexity index is 1110. The summed E-state index contributed by atoms with van der Waals surface area (Å²) >= 11 is 2.89. The smallest absolute Gasteiger partial charge is 0.230 e. The molecule has 2 aromatic carbocycles. The summed E-state index contributed by atoms with van der Waals surface area (Å²) in [6.45, 7) is 0.991. The summed E-state index contributed by atoms with van der Waals surface area (Å²) in [6.07, 6.45) is 0. The van der Waals surface area contributed by atoms with Crippen LogP contribution in [0.5, 0.6) is 0 Å². The van der Waals surface area contributed by atoms with Crippen LogP contribution in [0.2, 0.25) is 0 Å². The summed E-state index contributed by atoms with van der Waals surface area (Å²) in [5, 5.41) is 13.9. The topological polar surface area (TPSA) is 59.8 Å². The molecule has 0 radical (unpaired) electrons. The minimum absolute atomic E-state index is 0.0879. The molecule has 0 aliphatic carbocycles. The van der Waals surface area contributed by atoms with Crippen LogP contribution in [0.3, 0.4) is 0 Å².